The Morgan fingerprint density at radius 3 is 3.07 bits per heavy atom. The van der Waals surface area contributed by atoms with Crippen LogP contribution in [0.3, 0.4) is 0 Å². The smallest absolute Gasteiger partial charge is 0.0948 e. The van der Waals surface area contributed by atoms with Crippen LogP contribution in [0.4, 0.5) is 0 Å². The number of imidazole rings is 1. The lowest BCUT2D eigenvalue weighted by atomic mass is 10.4. The van der Waals surface area contributed by atoms with Gasteiger partial charge in [-0.25, -0.2) is 4.98 Å². The number of rotatable bonds is 6. The number of hydrogen-bond acceptors (Lipinski definition) is 3. The average Bonchev–Trinajstić information content (AvgIpc) is 2.62. The molecule has 0 amide bonds. The zero-order chi connectivity index (χ0) is 10.4. The molecular weight excluding hydrogens is 196 g/mol. The number of aromatic nitrogens is 2. The van der Waals surface area contributed by atoms with Crippen molar-refractivity contribution >= 4 is 11.8 Å². The van der Waals surface area contributed by atoms with Crippen LogP contribution >= 0.6 is 11.8 Å². The molecular formula is C10H18N2OS. The summed E-state index contributed by atoms with van der Waals surface area (Å²) in [6, 6.07) is 0. The van der Waals surface area contributed by atoms with Crippen molar-refractivity contribution < 1.29 is 5.11 Å². The van der Waals surface area contributed by atoms with Crippen LogP contribution < -0.4 is 0 Å². The molecule has 14 heavy (non-hydrogen) atoms. The molecule has 0 saturated heterocycles. The highest BCUT2D eigenvalue weighted by atomic mass is 32.2. The lowest BCUT2D eigenvalue weighted by molar-refractivity contribution is 0.300. The molecule has 4 heteroatoms. The molecule has 0 spiro atoms. The van der Waals surface area contributed by atoms with E-state index in [1.165, 1.54) is 5.69 Å². The lowest BCUT2D eigenvalue weighted by Crippen LogP contribution is -2.05. The highest BCUT2D eigenvalue weighted by Crippen LogP contribution is 2.17. The van der Waals surface area contributed by atoms with Crippen LogP contribution in [0, 0.1) is 0 Å². The Balaban J connectivity index is 2.45. The van der Waals surface area contributed by atoms with Crippen molar-refractivity contribution in [1.82, 2.24) is 9.55 Å². The summed E-state index contributed by atoms with van der Waals surface area (Å²) in [4.78, 5) is 4.13. The molecule has 0 radical (unpaired) electrons. The first-order valence-electron chi connectivity index (χ1n) is 4.99. The van der Waals surface area contributed by atoms with Gasteiger partial charge in [-0.2, -0.15) is 11.8 Å². The molecule has 1 aromatic rings. The molecule has 0 aliphatic rings. The second-order valence-electron chi connectivity index (χ2n) is 3.38. The average molecular weight is 214 g/mol. The molecule has 1 rings (SSSR count). The Hall–Kier alpha value is -0.480. The van der Waals surface area contributed by atoms with E-state index in [1.807, 2.05) is 19.4 Å². The van der Waals surface area contributed by atoms with E-state index < -0.39 is 0 Å². The summed E-state index contributed by atoms with van der Waals surface area (Å²) in [6.45, 7) is 5.47. The van der Waals surface area contributed by atoms with Gasteiger partial charge in [-0.15, -0.1) is 0 Å². The van der Waals surface area contributed by atoms with E-state index in [1.54, 1.807) is 11.8 Å². The Morgan fingerprint density at radius 1 is 1.64 bits per heavy atom. The first-order valence-corrected chi connectivity index (χ1v) is 6.04. The fraction of sp³-hybridized carbons (Fsp3) is 0.700. The van der Waals surface area contributed by atoms with Gasteiger partial charge in [0.1, 0.15) is 0 Å². The van der Waals surface area contributed by atoms with Gasteiger partial charge in [0.2, 0.25) is 0 Å². The Kier molecular flexibility index (Phi) is 5.04. The van der Waals surface area contributed by atoms with Gasteiger partial charge in [0.25, 0.3) is 0 Å². The minimum absolute atomic E-state index is 0.243. The van der Waals surface area contributed by atoms with Crippen LogP contribution in [0.2, 0.25) is 0 Å². The monoisotopic (exact) mass is 214 g/mol. The summed E-state index contributed by atoms with van der Waals surface area (Å²) in [6.07, 6.45) is 4.92. The van der Waals surface area contributed by atoms with Gasteiger partial charge < -0.3 is 9.67 Å². The highest BCUT2D eigenvalue weighted by Gasteiger charge is 2.04. The predicted octanol–water partition coefficient (Wildman–Crippen LogP) is 1.91. The van der Waals surface area contributed by atoms with Gasteiger partial charge in [0, 0.05) is 29.4 Å². The quantitative estimate of drug-likeness (QED) is 0.786. The van der Waals surface area contributed by atoms with Crippen LogP contribution in [0.1, 0.15) is 26.0 Å². The number of thioether (sulfide) groups is 1. The minimum atomic E-state index is 0.243. The third kappa shape index (κ3) is 3.35. The fourth-order valence-corrected chi connectivity index (χ4v) is 1.99. The standard InChI is InChI=1S/C10H18N2OS/c1-3-4-12-8-11-5-10(12)7-14-9(2)6-13/h5,8-9,13H,3-4,6-7H2,1-2H3. The first-order chi connectivity index (χ1) is 6.77. The lowest BCUT2D eigenvalue weighted by Gasteiger charge is -2.09. The third-order valence-electron chi connectivity index (χ3n) is 2.04. The van der Waals surface area contributed by atoms with Crippen LogP contribution in [0.25, 0.3) is 0 Å². The Labute approximate surface area is 89.5 Å². The van der Waals surface area contributed by atoms with Gasteiger partial charge >= 0.3 is 0 Å². The van der Waals surface area contributed by atoms with Crippen molar-refractivity contribution in [2.75, 3.05) is 6.61 Å². The van der Waals surface area contributed by atoms with Crippen LogP contribution in [0.5, 0.6) is 0 Å². The maximum Gasteiger partial charge on any atom is 0.0948 e. The molecule has 0 aromatic carbocycles. The maximum atomic E-state index is 8.89. The molecule has 1 unspecified atom stereocenters. The molecule has 0 bridgehead atoms. The van der Waals surface area contributed by atoms with E-state index in [0.717, 1.165) is 18.7 Å². The molecule has 0 aliphatic carbocycles. The minimum Gasteiger partial charge on any atom is -0.395 e. The van der Waals surface area contributed by atoms with Crippen molar-refractivity contribution in [3.05, 3.63) is 18.2 Å². The third-order valence-corrected chi connectivity index (χ3v) is 3.22. The number of nitrogens with zero attached hydrogens (tertiary/aromatic N) is 2. The van der Waals surface area contributed by atoms with Crippen LogP contribution in [-0.2, 0) is 12.3 Å². The van der Waals surface area contributed by atoms with E-state index in [0.29, 0.717) is 5.25 Å². The van der Waals surface area contributed by atoms with Gasteiger partial charge in [-0.3, -0.25) is 0 Å². The summed E-state index contributed by atoms with van der Waals surface area (Å²) in [5, 5.41) is 9.20. The molecule has 0 aliphatic heterocycles. The van der Waals surface area contributed by atoms with Gasteiger partial charge in [-0.1, -0.05) is 13.8 Å². The normalized spacial score (nSPS) is 13.1. The summed E-state index contributed by atoms with van der Waals surface area (Å²) < 4.78 is 2.18. The van der Waals surface area contributed by atoms with Crippen molar-refractivity contribution in [2.45, 2.75) is 37.8 Å². The zero-order valence-corrected chi connectivity index (χ0v) is 9.63. The highest BCUT2D eigenvalue weighted by molar-refractivity contribution is 7.99. The maximum absolute atomic E-state index is 8.89. The molecule has 1 N–H and O–H groups in total. The number of aryl methyl sites for hydroxylation is 1. The predicted molar refractivity (Wildman–Crippen MR) is 60.4 cm³/mol. The largest absolute Gasteiger partial charge is 0.395 e. The van der Waals surface area contributed by atoms with Crippen LogP contribution in [0.15, 0.2) is 12.5 Å². The molecule has 3 nitrogen and oxygen atoms in total. The van der Waals surface area contributed by atoms with Crippen molar-refractivity contribution in [3.63, 3.8) is 0 Å². The summed E-state index contributed by atoms with van der Waals surface area (Å²) in [5.74, 6) is 0.932. The molecule has 0 saturated carbocycles. The second kappa shape index (κ2) is 6.09. The van der Waals surface area contributed by atoms with Crippen molar-refractivity contribution in [2.24, 2.45) is 0 Å². The van der Waals surface area contributed by atoms with Gasteiger partial charge in [-0.05, 0) is 6.42 Å². The Morgan fingerprint density at radius 2 is 2.43 bits per heavy atom. The molecule has 80 valence electrons. The fourth-order valence-electron chi connectivity index (χ4n) is 1.19. The Bertz CT molecular complexity index is 262. The molecule has 1 atom stereocenters. The second-order valence-corrected chi connectivity index (χ2v) is 4.81. The van der Waals surface area contributed by atoms with E-state index in [-0.39, 0.29) is 6.61 Å². The first kappa shape index (κ1) is 11.6. The van der Waals surface area contributed by atoms with E-state index in [9.17, 15) is 0 Å². The van der Waals surface area contributed by atoms with E-state index in [4.69, 9.17) is 5.11 Å². The van der Waals surface area contributed by atoms with E-state index >= 15 is 0 Å². The summed E-state index contributed by atoms with van der Waals surface area (Å²) >= 11 is 1.76. The molecule has 1 aromatic heterocycles. The van der Waals surface area contributed by atoms with Crippen molar-refractivity contribution in [1.29, 1.82) is 0 Å². The van der Waals surface area contributed by atoms with Gasteiger partial charge in [0.15, 0.2) is 0 Å². The SMILES string of the molecule is CCCn1cncc1CSC(C)CO. The zero-order valence-electron chi connectivity index (χ0n) is 8.81. The summed E-state index contributed by atoms with van der Waals surface area (Å²) in [5.41, 5.74) is 1.25. The van der Waals surface area contributed by atoms with Crippen LogP contribution in [-0.4, -0.2) is 26.5 Å². The molecule has 1 heterocycles. The summed E-state index contributed by atoms with van der Waals surface area (Å²) in [7, 11) is 0. The number of aliphatic hydroxyl groups excluding tert-OH is 1. The van der Waals surface area contributed by atoms with Gasteiger partial charge in [0.05, 0.1) is 12.9 Å². The molecule has 0 fully saturated rings. The number of aliphatic hydroxyl groups is 1. The topological polar surface area (TPSA) is 38.0 Å². The number of hydrogen-bond donors (Lipinski definition) is 1. The van der Waals surface area contributed by atoms with E-state index in [2.05, 4.69) is 16.5 Å². The van der Waals surface area contributed by atoms with Crippen molar-refractivity contribution in [3.8, 4) is 0 Å².